The van der Waals surface area contributed by atoms with Gasteiger partial charge < -0.3 is 19.3 Å². The molecule has 6 nitrogen and oxygen atoms in total. The molecule has 7 heteroatoms. The van der Waals surface area contributed by atoms with Gasteiger partial charge in [-0.1, -0.05) is 6.08 Å². The number of piperazine rings is 1. The van der Waals surface area contributed by atoms with Crippen LogP contribution in [0.2, 0.25) is 0 Å². The van der Waals surface area contributed by atoms with Gasteiger partial charge in [-0.15, -0.1) is 6.58 Å². The highest BCUT2D eigenvalue weighted by atomic mass is 19.1. The molecular formula is C18H23FN2O4. The lowest BCUT2D eigenvalue weighted by molar-refractivity contribution is -0.160. The predicted molar refractivity (Wildman–Crippen MR) is 91.8 cm³/mol. The molecule has 0 bridgehead atoms. The quantitative estimate of drug-likeness (QED) is 0.552. The van der Waals surface area contributed by atoms with Crippen molar-refractivity contribution in [3.8, 4) is 0 Å². The van der Waals surface area contributed by atoms with Gasteiger partial charge in [-0.25, -0.2) is 9.18 Å². The number of carbonyl (C=O) groups excluding carboxylic acids is 2. The SMILES string of the molecule is C=CCOC(C)C(=O)OCC(=O)N1CCN(c2ccc(F)cc2)CC1. The molecule has 0 aliphatic carbocycles. The average molecular weight is 350 g/mol. The maximum atomic E-state index is 13.0. The minimum atomic E-state index is -0.735. The normalized spacial score (nSPS) is 15.6. The van der Waals surface area contributed by atoms with Gasteiger partial charge in [0, 0.05) is 31.9 Å². The minimum absolute atomic E-state index is 0.233. The Balaban J connectivity index is 1.74. The summed E-state index contributed by atoms with van der Waals surface area (Å²) in [7, 11) is 0. The topological polar surface area (TPSA) is 59.1 Å². The summed E-state index contributed by atoms with van der Waals surface area (Å²) in [6.45, 7) is 7.35. The molecule has 1 aliphatic heterocycles. The summed E-state index contributed by atoms with van der Waals surface area (Å²) in [6.07, 6.45) is 0.802. The van der Waals surface area contributed by atoms with Crippen LogP contribution >= 0.6 is 0 Å². The molecule has 1 amide bonds. The molecule has 0 aromatic heterocycles. The lowest BCUT2D eigenvalue weighted by atomic mass is 10.2. The van der Waals surface area contributed by atoms with E-state index in [1.54, 1.807) is 24.0 Å². The predicted octanol–water partition coefficient (Wildman–Crippen LogP) is 1.61. The van der Waals surface area contributed by atoms with E-state index in [0.717, 1.165) is 5.69 Å². The molecule has 0 saturated carbocycles. The number of esters is 1. The highest BCUT2D eigenvalue weighted by molar-refractivity contribution is 5.82. The van der Waals surface area contributed by atoms with Gasteiger partial charge in [0.05, 0.1) is 6.61 Å². The molecule has 1 unspecified atom stereocenters. The third-order valence-electron chi connectivity index (χ3n) is 3.96. The van der Waals surface area contributed by atoms with E-state index >= 15 is 0 Å². The van der Waals surface area contributed by atoms with Gasteiger partial charge in [-0.3, -0.25) is 4.79 Å². The van der Waals surface area contributed by atoms with Crippen LogP contribution in [0.5, 0.6) is 0 Å². The zero-order valence-electron chi connectivity index (χ0n) is 14.3. The van der Waals surface area contributed by atoms with Crippen LogP contribution in [0.25, 0.3) is 0 Å². The number of nitrogens with zero attached hydrogens (tertiary/aromatic N) is 2. The Morgan fingerprint density at radius 3 is 2.48 bits per heavy atom. The van der Waals surface area contributed by atoms with Crippen molar-refractivity contribution in [2.75, 3.05) is 44.3 Å². The Labute approximate surface area is 146 Å². The Kier molecular flexibility index (Phi) is 6.94. The molecule has 1 heterocycles. The average Bonchev–Trinajstić information content (AvgIpc) is 2.64. The molecule has 1 aliphatic rings. The molecule has 1 atom stereocenters. The van der Waals surface area contributed by atoms with Crippen LogP contribution in [0.1, 0.15) is 6.92 Å². The van der Waals surface area contributed by atoms with Crippen LogP contribution in [0.4, 0.5) is 10.1 Å². The van der Waals surface area contributed by atoms with Crippen molar-refractivity contribution < 1.29 is 23.5 Å². The van der Waals surface area contributed by atoms with E-state index in [-0.39, 0.29) is 24.9 Å². The maximum Gasteiger partial charge on any atom is 0.335 e. The number of carbonyl (C=O) groups is 2. The monoisotopic (exact) mass is 350 g/mol. The molecule has 2 rings (SSSR count). The zero-order chi connectivity index (χ0) is 18.2. The van der Waals surface area contributed by atoms with E-state index in [2.05, 4.69) is 11.5 Å². The van der Waals surface area contributed by atoms with Crippen LogP contribution in [0.15, 0.2) is 36.9 Å². The highest BCUT2D eigenvalue weighted by Crippen LogP contribution is 2.17. The molecule has 1 aromatic rings. The Morgan fingerprint density at radius 1 is 1.24 bits per heavy atom. The lowest BCUT2D eigenvalue weighted by Crippen LogP contribution is -2.50. The summed E-state index contributed by atoms with van der Waals surface area (Å²) in [6, 6.07) is 6.28. The van der Waals surface area contributed by atoms with Gasteiger partial charge in [-0.05, 0) is 31.2 Å². The molecule has 136 valence electrons. The highest BCUT2D eigenvalue weighted by Gasteiger charge is 2.23. The number of amides is 1. The van der Waals surface area contributed by atoms with E-state index in [1.807, 2.05) is 0 Å². The number of rotatable bonds is 7. The molecule has 1 aromatic carbocycles. The van der Waals surface area contributed by atoms with Crippen molar-refractivity contribution in [1.82, 2.24) is 4.90 Å². The summed E-state index contributed by atoms with van der Waals surface area (Å²) in [5.41, 5.74) is 0.924. The van der Waals surface area contributed by atoms with Crippen molar-refractivity contribution in [2.45, 2.75) is 13.0 Å². The Bertz CT molecular complexity index is 598. The summed E-state index contributed by atoms with van der Waals surface area (Å²) < 4.78 is 23.1. The van der Waals surface area contributed by atoms with Crippen LogP contribution in [0, 0.1) is 5.82 Å². The van der Waals surface area contributed by atoms with Crippen molar-refractivity contribution in [3.63, 3.8) is 0 Å². The second-order valence-corrected chi connectivity index (χ2v) is 5.72. The number of anilines is 1. The fourth-order valence-corrected chi connectivity index (χ4v) is 2.49. The Morgan fingerprint density at radius 2 is 1.88 bits per heavy atom. The Hall–Kier alpha value is -2.41. The van der Waals surface area contributed by atoms with Gasteiger partial charge in [0.25, 0.3) is 5.91 Å². The molecule has 1 fully saturated rings. The van der Waals surface area contributed by atoms with Gasteiger partial charge in [0.1, 0.15) is 5.82 Å². The number of benzene rings is 1. The first-order valence-corrected chi connectivity index (χ1v) is 8.18. The summed E-state index contributed by atoms with van der Waals surface area (Å²) >= 11 is 0. The number of hydrogen-bond acceptors (Lipinski definition) is 5. The van der Waals surface area contributed by atoms with Crippen molar-refractivity contribution in [1.29, 1.82) is 0 Å². The van der Waals surface area contributed by atoms with Gasteiger partial charge in [-0.2, -0.15) is 0 Å². The molecule has 0 spiro atoms. The number of halogens is 1. The van der Waals surface area contributed by atoms with Gasteiger partial charge in [0.15, 0.2) is 12.7 Å². The van der Waals surface area contributed by atoms with Crippen LogP contribution in [0.3, 0.4) is 0 Å². The van der Waals surface area contributed by atoms with Crippen molar-refractivity contribution in [2.24, 2.45) is 0 Å². The van der Waals surface area contributed by atoms with E-state index < -0.39 is 12.1 Å². The van der Waals surface area contributed by atoms with Crippen LogP contribution < -0.4 is 4.90 Å². The standard InChI is InChI=1S/C18H23FN2O4/c1-3-12-24-14(2)18(23)25-13-17(22)21-10-8-20(9-11-21)16-6-4-15(19)5-7-16/h3-7,14H,1,8-13H2,2H3. The van der Waals surface area contributed by atoms with E-state index in [1.165, 1.54) is 18.2 Å². The first-order chi connectivity index (χ1) is 12.0. The summed E-state index contributed by atoms with van der Waals surface area (Å²) in [4.78, 5) is 27.6. The third kappa shape index (κ3) is 5.56. The van der Waals surface area contributed by atoms with Crippen LogP contribution in [-0.2, 0) is 19.1 Å². The first-order valence-electron chi connectivity index (χ1n) is 8.18. The van der Waals surface area contributed by atoms with Crippen LogP contribution in [-0.4, -0.2) is 62.3 Å². The molecule has 0 radical (unpaired) electrons. The van der Waals surface area contributed by atoms with Gasteiger partial charge in [0.2, 0.25) is 0 Å². The molecule has 25 heavy (non-hydrogen) atoms. The summed E-state index contributed by atoms with van der Waals surface area (Å²) in [5.74, 6) is -1.08. The third-order valence-corrected chi connectivity index (χ3v) is 3.96. The molecular weight excluding hydrogens is 327 g/mol. The van der Waals surface area contributed by atoms with Crippen molar-refractivity contribution >= 4 is 17.6 Å². The zero-order valence-corrected chi connectivity index (χ0v) is 14.3. The fourth-order valence-electron chi connectivity index (χ4n) is 2.49. The molecule has 0 N–H and O–H groups in total. The second kappa shape index (κ2) is 9.17. The molecule has 1 saturated heterocycles. The van der Waals surface area contributed by atoms with Gasteiger partial charge >= 0.3 is 5.97 Å². The van der Waals surface area contributed by atoms with E-state index in [4.69, 9.17) is 9.47 Å². The second-order valence-electron chi connectivity index (χ2n) is 5.72. The fraction of sp³-hybridized carbons (Fsp3) is 0.444. The minimum Gasteiger partial charge on any atom is -0.454 e. The largest absolute Gasteiger partial charge is 0.454 e. The first kappa shape index (κ1) is 18.9. The number of hydrogen-bond donors (Lipinski definition) is 0. The van der Waals surface area contributed by atoms with E-state index in [0.29, 0.717) is 26.2 Å². The van der Waals surface area contributed by atoms with E-state index in [9.17, 15) is 14.0 Å². The maximum absolute atomic E-state index is 13.0. The van der Waals surface area contributed by atoms with Crippen molar-refractivity contribution in [3.05, 3.63) is 42.7 Å². The summed E-state index contributed by atoms with van der Waals surface area (Å²) in [5, 5.41) is 0. The number of ether oxygens (including phenoxy) is 2. The smallest absolute Gasteiger partial charge is 0.335 e. The lowest BCUT2D eigenvalue weighted by Gasteiger charge is -2.36.